The Balaban J connectivity index is 1.55. The van der Waals surface area contributed by atoms with Gasteiger partial charge in [-0.15, -0.1) is 0 Å². The first kappa shape index (κ1) is 31.2. The van der Waals surface area contributed by atoms with Crippen LogP contribution in [0, 0.1) is 5.82 Å². The monoisotopic (exact) mass is 615 g/mol. The standard InChI is InChI=1S/C35H38FN3O4S/c1-44(42,43)39(32-22-12-17-27-15-8-10-20-30(27)32)25-34(40)38(24-28-16-9-11-21-31(28)36)33(23-26-13-4-2-5-14-26)35(41)37-29-18-6-3-7-19-29/h2,4-5,8-17,20-22,29,33H,3,6-7,18-19,23-25H2,1H3,(H,37,41)/t33-/m1/s1. The van der Waals surface area contributed by atoms with Crippen LogP contribution in [-0.2, 0) is 32.6 Å². The van der Waals surface area contributed by atoms with Crippen LogP contribution in [0.25, 0.3) is 10.8 Å². The lowest BCUT2D eigenvalue weighted by Crippen LogP contribution is -2.55. The molecule has 7 nitrogen and oxygen atoms in total. The van der Waals surface area contributed by atoms with Gasteiger partial charge in [0.2, 0.25) is 21.8 Å². The van der Waals surface area contributed by atoms with E-state index in [4.69, 9.17) is 0 Å². The van der Waals surface area contributed by atoms with E-state index in [-0.39, 0.29) is 30.5 Å². The number of nitrogens with zero attached hydrogens (tertiary/aromatic N) is 2. The van der Waals surface area contributed by atoms with E-state index in [0.717, 1.165) is 53.6 Å². The SMILES string of the molecule is CS(=O)(=O)N(CC(=O)N(Cc1ccccc1F)[C@H](Cc1ccccc1)C(=O)NC1CCCCC1)c1cccc2ccccc12. The first-order valence-corrected chi connectivity index (χ1v) is 16.9. The van der Waals surface area contributed by atoms with Crippen LogP contribution in [0.2, 0.25) is 0 Å². The van der Waals surface area contributed by atoms with E-state index in [9.17, 15) is 18.0 Å². The first-order chi connectivity index (χ1) is 21.2. The summed E-state index contributed by atoms with van der Waals surface area (Å²) in [5.74, 6) is -1.45. The minimum atomic E-state index is -3.94. The molecule has 1 fully saturated rings. The van der Waals surface area contributed by atoms with E-state index < -0.39 is 34.3 Å². The Kier molecular flexibility index (Phi) is 9.95. The van der Waals surface area contributed by atoms with Gasteiger partial charge in [-0.3, -0.25) is 13.9 Å². The van der Waals surface area contributed by atoms with Crippen LogP contribution in [-0.4, -0.2) is 50.0 Å². The molecule has 9 heteroatoms. The lowest BCUT2D eigenvalue weighted by atomic mass is 9.94. The van der Waals surface area contributed by atoms with Crippen LogP contribution < -0.4 is 9.62 Å². The first-order valence-electron chi connectivity index (χ1n) is 15.0. The van der Waals surface area contributed by atoms with Gasteiger partial charge in [-0.2, -0.15) is 0 Å². The lowest BCUT2D eigenvalue weighted by Gasteiger charge is -2.35. The molecule has 5 rings (SSSR count). The zero-order valence-electron chi connectivity index (χ0n) is 24.9. The van der Waals surface area contributed by atoms with E-state index in [2.05, 4.69) is 5.32 Å². The average Bonchev–Trinajstić information content (AvgIpc) is 3.02. The van der Waals surface area contributed by atoms with E-state index in [0.29, 0.717) is 11.1 Å². The summed E-state index contributed by atoms with van der Waals surface area (Å²) in [6.07, 6.45) is 6.10. The zero-order valence-corrected chi connectivity index (χ0v) is 25.7. The number of hydrogen-bond acceptors (Lipinski definition) is 4. The maximum absolute atomic E-state index is 15.0. The Morgan fingerprint density at radius 2 is 1.52 bits per heavy atom. The molecule has 4 aromatic rings. The average molecular weight is 616 g/mol. The molecular formula is C35H38FN3O4S. The summed E-state index contributed by atoms with van der Waals surface area (Å²) in [7, 11) is -3.94. The molecule has 2 amide bonds. The Morgan fingerprint density at radius 1 is 0.864 bits per heavy atom. The minimum Gasteiger partial charge on any atom is -0.352 e. The number of hydrogen-bond donors (Lipinski definition) is 1. The van der Waals surface area contributed by atoms with Crippen molar-refractivity contribution in [2.24, 2.45) is 0 Å². The van der Waals surface area contributed by atoms with Crippen molar-refractivity contribution in [2.75, 3.05) is 17.1 Å². The maximum Gasteiger partial charge on any atom is 0.244 e. The van der Waals surface area contributed by atoms with Gasteiger partial charge in [-0.25, -0.2) is 12.8 Å². The van der Waals surface area contributed by atoms with Gasteiger partial charge in [0.1, 0.15) is 18.4 Å². The molecule has 0 spiro atoms. The summed E-state index contributed by atoms with van der Waals surface area (Å²) in [5, 5.41) is 4.65. The van der Waals surface area contributed by atoms with Crippen molar-refractivity contribution >= 4 is 38.3 Å². The molecular weight excluding hydrogens is 577 g/mol. The van der Waals surface area contributed by atoms with Crippen molar-refractivity contribution in [1.82, 2.24) is 10.2 Å². The number of carbonyl (C=O) groups excluding carboxylic acids is 2. The fourth-order valence-electron chi connectivity index (χ4n) is 5.93. The highest BCUT2D eigenvalue weighted by Gasteiger charge is 2.34. The lowest BCUT2D eigenvalue weighted by molar-refractivity contribution is -0.140. The quantitative estimate of drug-likeness (QED) is 0.230. The van der Waals surface area contributed by atoms with Crippen molar-refractivity contribution in [3.05, 3.63) is 114 Å². The number of benzene rings is 4. The predicted octanol–water partition coefficient (Wildman–Crippen LogP) is 5.83. The largest absolute Gasteiger partial charge is 0.352 e. The van der Waals surface area contributed by atoms with Crippen molar-refractivity contribution < 1.29 is 22.4 Å². The summed E-state index contributed by atoms with van der Waals surface area (Å²) in [4.78, 5) is 29.7. The minimum absolute atomic E-state index is 0.0110. The molecule has 0 saturated heterocycles. The number of anilines is 1. The number of carbonyl (C=O) groups is 2. The van der Waals surface area contributed by atoms with Crippen LogP contribution in [0.5, 0.6) is 0 Å². The van der Waals surface area contributed by atoms with Crippen molar-refractivity contribution in [2.45, 2.75) is 57.2 Å². The van der Waals surface area contributed by atoms with E-state index >= 15 is 4.39 Å². The summed E-state index contributed by atoms with van der Waals surface area (Å²) >= 11 is 0. The topological polar surface area (TPSA) is 86.8 Å². The highest BCUT2D eigenvalue weighted by Crippen LogP contribution is 2.29. The van der Waals surface area contributed by atoms with E-state index in [1.54, 1.807) is 36.4 Å². The molecule has 1 atom stereocenters. The highest BCUT2D eigenvalue weighted by molar-refractivity contribution is 7.92. The Morgan fingerprint density at radius 3 is 2.25 bits per heavy atom. The van der Waals surface area contributed by atoms with Crippen LogP contribution in [0.3, 0.4) is 0 Å². The highest BCUT2D eigenvalue weighted by atomic mass is 32.2. The normalized spacial score (nSPS) is 14.6. The number of sulfonamides is 1. The smallest absolute Gasteiger partial charge is 0.244 e. The van der Waals surface area contributed by atoms with Crippen LogP contribution in [0.4, 0.5) is 10.1 Å². The molecule has 1 aliphatic rings. The fourth-order valence-corrected chi connectivity index (χ4v) is 6.79. The van der Waals surface area contributed by atoms with Crippen molar-refractivity contribution in [3.63, 3.8) is 0 Å². The zero-order chi connectivity index (χ0) is 31.1. The van der Waals surface area contributed by atoms with Gasteiger partial charge >= 0.3 is 0 Å². The third kappa shape index (κ3) is 7.63. The molecule has 0 unspecified atom stereocenters. The molecule has 0 aliphatic heterocycles. The second kappa shape index (κ2) is 14.0. The third-order valence-corrected chi connectivity index (χ3v) is 9.36. The van der Waals surface area contributed by atoms with Gasteiger partial charge < -0.3 is 10.2 Å². The molecule has 0 aromatic heterocycles. The van der Waals surface area contributed by atoms with Crippen LogP contribution >= 0.6 is 0 Å². The molecule has 0 heterocycles. The van der Waals surface area contributed by atoms with E-state index in [1.165, 1.54) is 11.0 Å². The Hall–Kier alpha value is -4.24. The summed E-state index contributed by atoms with van der Waals surface area (Å²) < 4.78 is 42.5. The van der Waals surface area contributed by atoms with E-state index in [1.807, 2.05) is 54.6 Å². The van der Waals surface area contributed by atoms with Crippen molar-refractivity contribution in [1.29, 1.82) is 0 Å². The second-order valence-electron chi connectivity index (χ2n) is 11.4. The number of rotatable bonds is 11. The number of amides is 2. The predicted molar refractivity (Wildman–Crippen MR) is 172 cm³/mol. The Labute approximate surface area is 258 Å². The van der Waals surface area contributed by atoms with Crippen molar-refractivity contribution in [3.8, 4) is 0 Å². The molecule has 1 aliphatic carbocycles. The van der Waals surface area contributed by atoms with Crippen LogP contribution in [0.15, 0.2) is 97.1 Å². The molecule has 0 radical (unpaired) electrons. The molecule has 1 saturated carbocycles. The fraction of sp³-hybridized carbons (Fsp3) is 0.314. The summed E-state index contributed by atoms with van der Waals surface area (Å²) in [6, 6.07) is 27.1. The van der Waals surface area contributed by atoms with Gasteiger partial charge in [0.15, 0.2) is 0 Å². The molecule has 230 valence electrons. The number of nitrogens with one attached hydrogen (secondary N) is 1. The van der Waals surface area contributed by atoms with Crippen LogP contribution in [0.1, 0.15) is 43.2 Å². The maximum atomic E-state index is 15.0. The number of fused-ring (bicyclic) bond motifs is 1. The van der Waals surface area contributed by atoms with Gasteiger partial charge in [-0.05, 0) is 35.9 Å². The van der Waals surface area contributed by atoms with Gasteiger partial charge in [-0.1, -0.05) is 104 Å². The third-order valence-electron chi connectivity index (χ3n) is 8.24. The molecule has 4 aromatic carbocycles. The molecule has 1 N–H and O–H groups in total. The van der Waals surface area contributed by atoms with Gasteiger partial charge in [0, 0.05) is 30.0 Å². The second-order valence-corrected chi connectivity index (χ2v) is 13.3. The summed E-state index contributed by atoms with van der Waals surface area (Å²) in [6.45, 7) is -0.752. The molecule has 0 bridgehead atoms. The van der Waals surface area contributed by atoms with Gasteiger partial charge in [0.25, 0.3) is 0 Å². The molecule has 44 heavy (non-hydrogen) atoms. The summed E-state index contributed by atoms with van der Waals surface area (Å²) in [5.41, 5.74) is 1.42. The van der Waals surface area contributed by atoms with Gasteiger partial charge in [0.05, 0.1) is 11.9 Å². The Bertz CT molecular complexity index is 1700. The number of halogens is 1.